The molecule has 0 aliphatic carbocycles. The molecular formula is C13H16BrNO. The molecule has 1 amide bonds. The number of hydrogen-bond donors (Lipinski definition) is 0. The van der Waals surface area contributed by atoms with Gasteiger partial charge in [-0.15, -0.1) is 0 Å². The van der Waals surface area contributed by atoms with E-state index >= 15 is 0 Å². The summed E-state index contributed by atoms with van der Waals surface area (Å²) in [6.45, 7) is 8.27. The predicted octanol–water partition coefficient (Wildman–Crippen LogP) is 3.41. The van der Waals surface area contributed by atoms with E-state index < -0.39 is 0 Å². The van der Waals surface area contributed by atoms with Crippen LogP contribution in [0.5, 0.6) is 0 Å². The largest absolute Gasteiger partial charge is 0.338 e. The van der Waals surface area contributed by atoms with Crippen LogP contribution in [-0.2, 0) is 0 Å². The van der Waals surface area contributed by atoms with Gasteiger partial charge in [-0.05, 0) is 41.9 Å². The van der Waals surface area contributed by atoms with Crippen molar-refractivity contribution < 1.29 is 4.79 Å². The lowest BCUT2D eigenvalue weighted by atomic mass is 10.1. The van der Waals surface area contributed by atoms with Crippen LogP contribution < -0.4 is 0 Å². The summed E-state index contributed by atoms with van der Waals surface area (Å²) in [6, 6.07) is 5.76. The molecule has 0 aromatic heterocycles. The fraction of sp³-hybridized carbons (Fsp3) is 0.308. The van der Waals surface area contributed by atoms with Gasteiger partial charge in [0.2, 0.25) is 0 Å². The fourth-order valence-electron chi connectivity index (χ4n) is 1.49. The first-order valence-electron chi connectivity index (χ1n) is 5.08. The van der Waals surface area contributed by atoms with Crippen LogP contribution in [0.25, 0.3) is 0 Å². The van der Waals surface area contributed by atoms with Crippen molar-refractivity contribution in [3.63, 3.8) is 0 Å². The number of carbonyl (C=O) groups is 1. The van der Waals surface area contributed by atoms with Gasteiger partial charge >= 0.3 is 0 Å². The molecule has 0 radical (unpaired) electrons. The van der Waals surface area contributed by atoms with E-state index in [9.17, 15) is 4.79 Å². The number of rotatable bonds is 3. The highest BCUT2D eigenvalue weighted by atomic mass is 79.9. The minimum atomic E-state index is 0.0126. The van der Waals surface area contributed by atoms with Gasteiger partial charge in [0.05, 0.1) is 5.56 Å². The number of likely N-dealkylation sites (N-methyl/N-ethyl adjacent to an activating group) is 1. The van der Waals surface area contributed by atoms with Crippen molar-refractivity contribution in [3.05, 3.63) is 46.0 Å². The molecule has 0 saturated heterocycles. The molecule has 16 heavy (non-hydrogen) atoms. The second-order valence-electron chi connectivity index (χ2n) is 4.10. The summed E-state index contributed by atoms with van der Waals surface area (Å²) < 4.78 is 0.830. The number of aryl methyl sites for hydroxylation is 1. The normalized spacial score (nSPS) is 10.0. The molecule has 86 valence electrons. The molecule has 0 aliphatic rings. The van der Waals surface area contributed by atoms with E-state index in [1.54, 1.807) is 11.9 Å². The van der Waals surface area contributed by atoms with Crippen LogP contribution in [0.15, 0.2) is 34.8 Å². The summed E-state index contributed by atoms with van der Waals surface area (Å²) >= 11 is 3.40. The third-order valence-corrected chi connectivity index (χ3v) is 2.90. The smallest absolute Gasteiger partial charge is 0.255 e. The molecule has 0 spiro atoms. The Balaban J connectivity index is 2.95. The summed E-state index contributed by atoms with van der Waals surface area (Å²) in [5.74, 6) is 0.0126. The standard InChI is InChI=1S/C13H16BrNO/c1-9(2)8-15(4)13(16)11-7-10(3)5-6-12(11)14/h5-7H,1,8H2,2-4H3. The second-order valence-corrected chi connectivity index (χ2v) is 4.96. The summed E-state index contributed by atoms with van der Waals surface area (Å²) in [7, 11) is 1.78. The van der Waals surface area contributed by atoms with Gasteiger partial charge in [-0.25, -0.2) is 0 Å². The highest BCUT2D eigenvalue weighted by molar-refractivity contribution is 9.10. The Bertz CT molecular complexity index is 426. The summed E-state index contributed by atoms with van der Waals surface area (Å²) in [4.78, 5) is 13.8. The number of hydrogen-bond acceptors (Lipinski definition) is 1. The Morgan fingerprint density at radius 3 is 2.69 bits per heavy atom. The lowest BCUT2D eigenvalue weighted by Gasteiger charge is -2.18. The molecule has 0 unspecified atom stereocenters. The van der Waals surface area contributed by atoms with Crippen molar-refractivity contribution in [1.82, 2.24) is 4.90 Å². The van der Waals surface area contributed by atoms with Crippen LogP contribution in [0.1, 0.15) is 22.8 Å². The number of carbonyl (C=O) groups excluding carboxylic acids is 1. The fourth-order valence-corrected chi connectivity index (χ4v) is 1.90. The van der Waals surface area contributed by atoms with E-state index in [1.165, 1.54) is 0 Å². The number of halogens is 1. The number of amides is 1. The first-order chi connectivity index (χ1) is 7.41. The highest BCUT2D eigenvalue weighted by Gasteiger charge is 2.14. The minimum Gasteiger partial charge on any atom is -0.338 e. The molecule has 2 nitrogen and oxygen atoms in total. The Hall–Kier alpha value is -1.09. The quantitative estimate of drug-likeness (QED) is 0.778. The van der Waals surface area contributed by atoms with Gasteiger partial charge < -0.3 is 4.90 Å². The molecule has 0 bridgehead atoms. The SMILES string of the molecule is C=C(C)CN(C)C(=O)c1cc(C)ccc1Br. The van der Waals surface area contributed by atoms with E-state index in [2.05, 4.69) is 22.5 Å². The summed E-state index contributed by atoms with van der Waals surface area (Å²) in [6.07, 6.45) is 0. The number of nitrogens with zero attached hydrogens (tertiary/aromatic N) is 1. The van der Waals surface area contributed by atoms with E-state index in [0.29, 0.717) is 12.1 Å². The van der Waals surface area contributed by atoms with Gasteiger partial charge in [0.15, 0.2) is 0 Å². The monoisotopic (exact) mass is 281 g/mol. The van der Waals surface area contributed by atoms with E-state index in [-0.39, 0.29) is 5.91 Å². The van der Waals surface area contributed by atoms with E-state index in [0.717, 1.165) is 15.6 Å². The van der Waals surface area contributed by atoms with Crippen LogP contribution >= 0.6 is 15.9 Å². The Morgan fingerprint density at radius 1 is 1.50 bits per heavy atom. The Labute approximate surface area is 105 Å². The minimum absolute atomic E-state index is 0.0126. The maximum Gasteiger partial charge on any atom is 0.255 e. The summed E-state index contributed by atoms with van der Waals surface area (Å²) in [5, 5.41) is 0. The van der Waals surface area contributed by atoms with Crippen LogP contribution in [0, 0.1) is 6.92 Å². The maximum atomic E-state index is 12.1. The first kappa shape index (κ1) is 13.0. The molecule has 0 heterocycles. The molecule has 1 aromatic carbocycles. The maximum absolute atomic E-state index is 12.1. The van der Waals surface area contributed by atoms with E-state index in [1.807, 2.05) is 32.0 Å². The van der Waals surface area contributed by atoms with Gasteiger partial charge in [-0.2, -0.15) is 0 Å². The zero-order chi connectivity index (χ0) is 12.3. The molecular weight excluding hydrogens is 266 g/mol. The first-order valence-corrected chi connectivity index (χ1v) is 5.87. The van der Waals surface area contributed by atoms with Crippen LogP contribution in [0.4, 0.5) is 0 Å². The van der Waals surface area contributed by atoms with Gasteiger partial charge in [0.25, 0.3) is 5.91 Å². The zero-order valence-corrected chi connectivity index (χ0v) is 11.5. The molecule has 0 N–H and O–H groups in total. The van der Waals surface area contributed by atoms with Crippen LogP contribution in [0.3, 0.4) is 0 Å². The Kier molecular flexibility index (Phi) is 4.30. The topological polar surface area (TPSA) is 20.3 Å². The molecule has 0 saturated carbocycles. The molecule has 0 fully saturated rings. The summed E-state index contributed by atoms with van der Waals surface area (Å²) in [5.41, 5.74) is 2.75. The van der Waals surface area contributed by atoms with Crippen molar-refractivity contribution in [2.75, 3.05) is 13.6 Å². The van der Waals surface area contributed by atoms with Gasteiger partial charge in [0, 0.05) is 18.1 Å². The molecule has 0 atom stereocenters. The average molecular weight is 282 g/mol. The zero-order valence-electron chi connectivity index (χ0n) is 9.88. The molecule has 1 aromatic rings. The van der Waals surface area contributed by atoms with Crippen LogP contribution in [-0.4, -0.2) is 24.4 Å². The lowest BCUT2D eigenvalue weighted by Crippen LogP contribution is -2.28. The average Bonchev–Trinajstić information content (AvgIpc) is 2.19. The van der Waals surface area contributed by atoms with Crippen LogP contribution in [0.2, 0.25) is 0 Å². The van der Waals surface area contributed by atoms with Crippen molar-refractivity contribution in [2.45, 2.75) is 13.8 Å². The van der Waals surface area contributed by atoms with Crippen molar-refractivity contribution in [2.24, 2.45) is 0 Å². The second kappa shape index (κ2) is 5.30. The molecule has 1 rings (SSSR count). The predicted molar refractivity (Wildman–Crippen MR) is 70.7 cm³/mol. The van der Waals surface area contributed by atoms with Gasteiger partial charge in [0.1, 0.15) is 0 Å². The number of benzene rings is 1. The van der Waals surface area contributed by atoms with Crippen molar-refractivity contribution in [3.8, 4) is 0 Å². The lowest BCUT2D eigenvalue weighted by molar-refractivity contribution is 0.0806. The van der Waals surface area contributed by atoms with Crippen molar-refractivity contribution in [1.29, 1.82) is 0 Å². The molecule has 0 aliphatic heterocycles. The Morgan fingerprint density at radius 2 is 2.12 bits per heavy atom. The van der Waals surface area contributed by atoms with E-state index in [4.69, 9.17) is 0 Å². The highest BCUT2D eigenvalue weighted by Crippen LogP contribution is 2.19. The van der Waals surface area contributed by atoms with Gasteiger partial charge in [-0.1, -0.05) is 23.8 Å². The van der Waals surface area contributed by atoms with Gasteiger partial charge in [-0.3, -0.25) is 4.79 Å². The third kappa shape index (κ3) is 3.20. The van der Waals surface area contributed by atoms with Crippen molar-refractivity contribution >= 4 is 21.8 Å². The third-order valence-electron chi connectivity index (χ3n) is 2.21. The molecule has 3 heteroatoms.